The molecule has 0 aliphatic carbocycles. The van der Waals surface area contributed by atoms with Crippen LogP contribution in [0, 0.1) is 0 Å². The van der Waals surface area contributed by atoms with Gasteiger partial charge >= 0.3 is 0 Å². The number of hydrogen-bond donors (Lipinski definition) is 0. The van der Waals surface area contributed by atoms with Crippen molar-refractivity contribution in [1.82, 2.24) is 19.4 Å². The molecule has 1 amide bonds. The molecule has 4 rings (SSSR count). The minimum Gasteiger partial charge on any atom is -0.339 e. The van der Waals surface area contributed by atoms with Crippen LogP contribution in [0.3, 0.4) is 0 Å². The Labute approximate surface area is 185 Å². The SMILES string of the molecule is C=CCn1c(SCC(=O)N2CCN(C3CCS(=O)(=O)C3)CC2)nc2ccccc2c1=O. The Kier molecular flexibility index (Phi) is 6.49. The van der Waals surface area contributed by atoms with Crippen molar-refractivity contribution in [3.63, 3.8) is 0 Å². The van der Waals surface area contributed by atoms with Crippen molar-refractivity contribution >= 4 is 38.4 Å². The summed E-state index contributed by atoms with van der Waals surface area (Å²) in [5.41, 5.74) is 0.475. The topological polar surface area (TPSA) is 92.6 Å². The van der Waals surface area contributed by atoms with Gasteiger partial charge in [0.25, 0.3) is 5.56 Å². The third-order valence-corrected chi connectivity index (χ3v) is 8.57. The molecule has 2 aromatic rings. The summed E-state index contributed by atoms with van der Waals surface area (Å²) in [6.07, 6.45) is 2.33. The van der Waals surface area contributed by atoms with E-state index >= 15 is 0 Å². The highest BCUT2D eigenvalue weighted by atomic mass is 32.2. The molecule has 1 atom stereocenters. The van der Waals surface area contributed by atoms with Crippen molar-refractivity contribution in [2.24, 2.45) is 0 Å². The van der Waals surface area contributed by atoms with Gasteiger partial charge < -0.3 is 4.90 Å². The highest BCUT2D eigenvalue weighted by Gasteiger charge is 2.34. The van der Waals surface area contributed by atoms with Crippen LogP contribution in [-0.2, 0) is 21.2 Å². The van der Waals surface area contributed by atoms with Crippen LogP contribution < -0.4 is 5.56 Å². The number of sulfone groups is 1. The zero-order chi connectivity index (χ0) is 22.0. The van der Waals surface area contributed by atoms with E-state index in [0.29, 0.717) is 55.2 Å². The Hall–Kier alpha value is -2.17. The molecule has 10 heteroatoms. The van der Waals surface area contributed by atoms with E-state index in [-0.39, 0.29) is 34.8 Å². The molecule has 8 nitrogen and oxygen atoms in total. The first kappa shape index (κ1) is 22.0. The van der Waals surface area contributed by atoms with E-state index in [4.69, 9.17) is 0 Å². The van der Waals surface area contributed by atoms with E-state index in [0.717, 1.165) is 0 Å². The smallest absolute Gasteiger partial charge is 0.262 e. The van der Waals surface area contributed by atoms with E-state index in [1.54, 1.807) is 28.8 Å². The van der Waals surface area contributed by atoms with E-state index in [2.05, 4.69) is 16.5 Å². The second kappa shape index (κ2) is 9.13. The highest BCUT2D eigenvalue weighted by Crippen LogP contribution is 2.21. The van der Waals surface area contributed by atoms with Crippen molar-refractivity contribution in [2.75, 3.05) is 43.4 Å². The Balaban J connectivity index is 1.39. The van der Waals surface area contributed by atoms with Gasteiger partial charge in [0, 0.05) is 38.8 Å². The predicted molar refractivity (Wildman–Crippen MR) is 122 cm³/mol. The second-order valence-electron chi connectivity index (χ2n) is 7.88. The molecule has 1 unspecified atom stereocenters. The van der Waals surface area contributed by atoms with Gasteiger partial charge in [-0.15, -0.1) is 6.58 Å². The first-order chi connectivity index (χ1) is 14.9. The van der Waals surface area contributed by atoms with Gasteiger partial charge in [-0.25, -0.2) is 13.4 Å². The number of para-hydroxylation sites is 1. The fraction of sp³-hybridized carbons (Fsp3) is 0.476. The van der Waals surface area contributed by atoms with Gasteiger partial charge in [-0.05, 0) is 18.6 Å². The number of nitrogens with zero attached hydrogens (tertiary/aromatic N) is 4. The van der Waals surface area contributed by atoms with E-state index in [1.165, 1.54) is 11.8 Å². The maximum Gasteiger partial charge on any atom is 0.262 e. The number of rotatable bonds is 6. The van der Waals surface area contributed by atoms with Crippen LogP contribution in [0.25, 0.3) is 10.9 Å². The van der Waals surface area contributed by atoms with E-state index in [1.807, 2.05) is 11.0 Å². The summed E-state index contributed by atoms with van der Waals surface area (Å²) in [6.45, 7) is 6.59. The normalized spacial score (nSPS) is 21.4. The first-order valence-electron chi connectivity index (χ1n) is 10.3. The lowest BCUT2D eigenvalue weighted by molar-refractivity contribution is -0.130. The molecule has 0 saturated carbocycles. The zero-order valence-corrected chi connectivity index (χ0v) is 18.9. The van der Waals surface area contributed by atoms with Crippen molar-refractivity contribution in [1.29, 1.82) is 0 Å². The number of hydrogen-bond acceptors (Lipinski definition) is 7. The lowest BCUT2D eigenvalue weighted by Crippen LogP contribution is -2.52. The zero-order valence-electron chi connectivity index (χ0n) is 17.3. The molecule has 166 valence electrons. The number of piperazine rings is 1. The number of allylic oxidation sites excluding steroid dienone is 1. The summed E-state index contributed by atoms with van der Waals surface area (Å²) in [5, 5.41) is 1.05. The molecule has 3 heterocycles. The van der Waals surface area contributed by atoms with Gasteiger partial charge in [-0.1, -0.05) is 30.0 Å². The Morgan fingerprint density at radius 1 is 1.23 bits per heavy atom. The summed E-state index contributed by atoms with van der Waals surface area (Å²) < 4.78 is 25.0. The van der Waals surface area contributed by atoms with Gasteiger partial charge in [0.15, 0.2) is 15.0 Å². The lowest BCUT2D eigenvalue weighted by atomic mass is 10.2. The summed E-state index contributed by atoms with van der Waals surface area (Å²) in [4.78, 5) is 34.2. The highest BCUT2D eigenvalue weighted by molar-refractivity contribution is 7.99. The minimum atomic E-state index is -2.91. The number of carbonyl (C=O) groups is 1. The quantitative estimate of drug-likeness (QED) is 0.359. The fourth-order valence-corrected chi connectivity index (χ4v) is 6.84. The van der Waals surface area contributed by atoms with Crippen LogP contribution in [0.4, 0.5) is 0 Å². The summed E-state index contributed by atoms with van der Waals surface area (Å²) in [5.74, 6) is 0.681. The maximum absolute atomic E-state index is 12.8. The standard InChI is InChI=1S/C21H26N4O4S2/c1-2-8-25-20(27)17-5-3-4-6-18(17)22-21(25)30-14-19(26)24-11-9-23(10-12-24)16-7-13-31(28,29)15-16/h2-6,16H,1,7-15H2. The third-order valence-electron chi connectivity index (χ3n) is 5.85. The molecule has 0 N–H and O–H groups in total. The molecular formula is C21H26N4O4S2. The van der Waals surface area contributed by atoms with Crippen molar-refractivity contribution in [2.45, 2.75) is 24.2 Å². The monoisotopic (exact) mass is 462 g/mol. The molecule has 0 spiro atoms. The minimum absolute atomic E-state index is 0.00347. The Bertz CT molecular complexity index is 1150. The second-order valence-corrected chi connectivity index (χ2v) is 11.0. The third kappa shape index (κ3) is 4.86. The van der Waals surface area contributed by atoms with Gasteiger partial charge in [-0.2, -0.15) is 0 Å². The molecule has 0 bridgehead atoms. The number of fused-ring (bicyclic) bond motifs is 1. The molecule has 1 aromatic heterocycles. The van der Waals surface area contributed by atoms with Crippen LogP contribution in [0.1, 0.15) is 6.42 Å². The lowest BCUT2D eigenvalue weighted by Gasteiger charge is -2.37. The van der Waals surface area contributed by atoms with Crippen molar-refractivity contribution in [3.05, 3.63) is 47.3 Å². The van der Waals surface area contributed by atoms with Gasteiger partial charge in [0.1, 0.15) is 0 Å². The number of carbonyl (C=O) groups excluding carboxylic acids is 1. The number of aromatic nitrogens is 2. The molecule has 31 heavy (non-hydrogen) atoms. The largest absolute Gasteiger partial charge is 0.339 e. The van der Waals surface area contributed by atoms with Crippen molar-refractivity contribution in [3.8, 4) is 0 Å². The Morgan fingerprint density at radius 2 is 1.97 bits per heavy atom. The average molecular weight is 463 g/mol. The van der Waals surface area contributed by atoms with Crippen LogP contribution >= 0.6 is 11.8 Å². The fourth-order valence-electron chi connectivity index (χ4n) is 4.17. The maximum atomic E-state index is 12.8. The summed E-state index contributed by atoms with van der Waals surface area (Å²) >= 11 is 1.26. The molecule has 2 aliphatic heterocycles. The molecule has 2 saturated heterocycles. The van der Waals surface area contributed by atoms with Gasteiger partial charge in [0.2, 0.25) is 5.91 Å². The van der Waals surface area contributed by atoms with Gasteiger partial charge in [-0.3, -0.25) is 19.1 Å². The van der Waals surface area contributed by atoms with Gasteiger partial charge in [0.05, 0.1) is 28.2 Å². The van der Waals surface area contributed by atoms with E-state index < -0.39 is 9.84 Å². The molecule has 2 aliphatic rings. The summed E-state index contributed by atoms with van der Waals surface area (Å²) in [7, 11) is -2.91. The summed E-state index contributed by atoms with van der Waals surface area (Å²) in [6, 6.07) is 7.26. The van der Waals surface area contributed by atoms with Crippen LogP contribution in [-0.4, -0.2) is 83.2 Å². The molecule has 2 fully saturated rings. The average Bonchev–Trinajstić information content (AvgIpc) is 3.14. The number of benzene rings is 1. The predicted octanol–water partition coefficient (Wildman–Crippen LogP) is 1.01. The van der Waals surface area contributed by atoms with Crippen LogP contribution in [0.2, 0.25) is 0 Å². The molecular weight excluding hydrogens is 436 g/mol. The van der Waals surface area contributed by atoms with Crippen LogP contribution in [0.15, 0.2) is 46.9 Å². The Morgan fingerprint density at radius 3 is 2.65 bits per heavy atom. The van der Waals surface area contributed by atoms with Crippen LogP contribution in [0.5, 0.6) is 0 Å². The first-order valence-corrected chi connectivity index (χ1v) is 13.1. The van der Waals surface area contributed by atoms with E-state index in [9.17, 15) is 18.0 Å². The number of thioether (sulfide) groups is 1. The molecule has 0 radical (unpaired) electrons. The number of amides is 1. The molecule has 1 aromatic carbocycles. The van der Waals surface area contributed by atoms with Crippen molar-refractivity contribution < 1.29 is 13.2 Å².